The molecule has 22 heavy (non-hydrogen) atoms. The molecular weight excluding hydrogens is 397 g/mol. The van der Waals surface area contributed by atoms with E-state index in [2.05, 4.69) is 12.1 Å². The van der Waals surface area contributed by atoms with Gasteiger partial charge in [-0.1, -0.05) is 0 Å². The first kappa shape index (κ1) is 15.0. The van der Waals surface area contributed by atoms with Gasteiger partial charge in [-0.05, 0) is 0 Å². The fourth-order valence-electron chi connectivity index (χ4n) is 2.66. The van der Waals surface area contributed by atoms with Crippen molar-refractivity contribution in [1.29, 1.82) is 0 Å². The summed E-state index contributed by atoms with van der Waals surface area (Å²) in [6.07, 6.45) is 0. The van der Waals surface area contributed by atoms with E-state index in [1.165, 1.54) is 17.7 Å². The fraction of sp³-hybridized carbons (Fsp3) is 0.188. The second-order valence-corrected chi connectivity index (χ2v) is 9.35. The molecule has 1 heterocycles. The molecule has 0 radical (unpaired) electrons. The van der Waals surface area contributed by atoms with Gasteiger partial charge in [0.25, 0.3) is 0 Å². The second-order valence-electron chi connectivity index (χ2n) is 5.25. The molecule has 2 aromatic rings. The van der Waals surface area contributed by atoms with Crippen molar-refractivity contribution in [2.45, 2.75) is 20.8 Å². The first-order valence-electron chi connectivity index (χ1n) is 6.67. The Hall–Kier alpha value is -1.96. The van der Waals surface area contributed by atoms with Crippen LogP contribution in [0.3, 0.4) is 0 Å². The van der Waals surface area contributed by atoms with Crippen molar-refractivity contribution < 1.29 is 12.8 Å². The van der Waals surface area contributed by atoms with Crippen molar-refractivity contribution in [2.75, 3.05) is 0 Å². The van der Waals surface area contributed by atoms with E-state index in [1.807, 2.05) is 20.8 Å². The predicted molar refractivity (Wildman–Crippen MR) is 90.6 cm³/mol. The zero-order valence-electron chi connectivity index (χ0n) is 12.3. The number of benzene rings is 2. The molecule has 0 unspecified atom stereocenters. The molecule has 0 amide bonds. The van der Waals surface area contributed by atoms with Crippen LogP contribution < -0.4 is 0 Å². The summed E-state index contributed by atoms with van der Waals surface area (Å²) < 4.78 is 7.60. The molecule has 0 spiro atoms. The molecule has 3 rings (SSSR count). The molecular formula is C16H14INO4. The van der Waals surface area contributed by atoms with Crippen LogP contribution in [0.25, 0.3) is 0 Å². The topological polar surface area (TPSA) is 69.4 Å². The number of hydrogen-bond acceptors (Lipinski definition) is 4. The zero-order chi connectivity index (χ0) is 16.0. The number of nitro groups is 1. The van der Waals surface area contributed by atoms with Crippen LogP contribution in [0.5, 0.6) is 0 Å². The fourth-order valence-corrected chi connectivity index (χ4v) is 7.60. The third-order valence-electron chi connectivity index (χ3n) is 3.47. The summed E-state index contributed by atoms with van der Waals surface area (Å²) in [5.74, 6) is -0.441. The summed E-state index contributed by atoms with van der Waals surface area (Å²) in [5.41, 5.74) is 3.66. The number of halogens is 1. The number of carbonyl (C=O) groups excluding carboxylic acids is 1. The van der Waals surface area contributed by atoms with E-state index >= 15 is 0 Å². The Balaban J connectivity index is 2.15. The van der Waals surface area contributed by atoms with Crippen molar-refractivity contribution in [2.24, 2.45) is 0 Å². The van der Waals surface area contributed by atoms with Crippen LogP contribution in [-0.2, 0) is 3.07 Å². The van der Waals surface area contributed by atoms with Gasteiger partial charge in [0, 0.05) is 0 Å². The van der Waals surface area contributed by atoms with Crippen LogP contribution in [0.2, 0.25) is 0 Å². The Bertz CT molecular complexity index is 793. The van der Waals surface area contributed by atoms with Gasteiger partial charge in [0.1, 0.15) is 0 Å². The quantitative estimate of drug-likeness (QED) is 0.423. The number of non-ortho nitro benzene ring substituents is 1. The van der Waals surface area contributed by atoms with Gasteiger partial charge in [-0.25, -0.2) is 0 Å². The van der Waals surface area contributed by atoms with E-state index in [4.69, 9.17) is 3.07 Å². The van der Waals surface area contributed by atoms with Crippen LogP contribution in [0.15, 0.2) is 30.3 Å². The van der Waals surface area contributed by atoms with Crippen LogP contribution in [0.1, 0.15) is 27.0 Å². The standard InChI is InChI=1S/C16H14INO4/c1-9-6-10(2)15(11(3)7-9)17-14-5-4-12(18(20)21)8-13(14)16(19)22-17/h4-8H,1-3H3. The third kappa shape index (κ3) is 2.37. The second kappa shape index (κ2) is 5.35. The minimum atomic E-state index is -2.33. The average molecular weight is 411 g/mol. The molecule has 0 bridgehead atoms. The molecule has 0 fully saturated rings. The molecule has 0 aromatic heterocycles. The molecule has 5 nitrogen and oxygen atoms in total. The summed E-state index contributed by atoms with van der Waals surface area (Å²) in [6.45, 7) is 6.07. The number of aryl methyl sites for hydroxylation is 3. The molecule has 1 aliphatic heterocycles. The van der Waals surface area contributed by atoms with Gasteiger partial charge in [-0.3, -0.25) is 0 Å². The van der Waals surface area contributed by atoms with E-state index in [0.717, 1.165) is 18.3 Å². The van der Waals surface area contributed by atoms with Crippen molar-refractivity contribution in [3.05, 3.63) is 69.8 Å². The summed E-state index contributed by atoms with van der Waals surface area (Å²) in [4.78, 5) is 22.5. The normalized spacial score (nSPS) is 14.7. The Morgan fingerprint density at radius 3 is 2.32 bits per heavy atom. The van der Waals surface area contributed by atoms with Crippen LogP contribution >= 0.6 is 20.2 Å². The van der Waals surface area contributed by atoms with Crippen molar-refractivity contribution in [1.82, 2.24) is 0 Å². The molecule has 0 saturated carbocycles. The number of rotatable bonds is 2. The van der Waals surface area contributed by atoms with E-state index < -0.39 is 31.1 Å². The predicted octanol–water partition coefficient (Wildman–Crippen LogP) is 4.15. The van der Waals surface area contributed by atoms with E-state index in [0.29, 0.717) is 5.56 Å². The molecule has 0 N–H and O–H groups in total. The van der Waals surface area contributed by atoms with Gasteiger partial charge >= 0.3 is 135 Å². The molecule has 6 heteroatoms. The maximum absolute atomic E-state index is 12.1. The molecule has 114 valence electrons. The van der Waals surface area contributed by atoms with E-state index in [1.54, 1.807) is 6.07 Å². The van der Waals surface area contributed by atoms with Crippen LogP contribution in [0, 0.1) is 38.0 Å². The first-order valence-corrected chi connectivity index (χ1v) is 9.71. The number of fused-ring (bicyclic) bond motifs is 1. The summed E-state index contributed by atoms with van der Waals surface area (Å²) in [7, 11) is 0. The Morgan fingerprint density at radius 2 is 1.73 bits per heavy atom. The number of carbonyl (C=O) groups is 1. The Morgan fingerprint density at radius 1 is 1.09 bits per heavy atom. The Kier molecular flexibility index (Phi) is 3.64. The van der Waals surface area contributed by atoms with Crippen molar-refractivity contribution in [3.8, 4) is 0 Å². The molecule has 0 atom stereocenters. The molecule has 2 aromatic carbocycles. The minimum absolute atomic E-state index is 0.0780. The number of nitro benzene ring substituents is 1. The van der Waals surface area contributed by atoms with E-state index in [9.17, 15) is 14.9 Å². The first-order chi connectivity index (χ1) is 10.4. The van der Waals surface area contributed by atoms with Crippen molar-refractivity contribution >= 4 is 31.9 Å². The van der Waals surface area contributed by atoms with Gasteiger partial charge in [-0.15, -0.1) is 0 Å². The maximum atomic E-state index is 12.1. The summed E-state index contributed by atoms with van der Waals surface area (Å²) >= 11 is -2.33. The van der Waals surface area contributed by atoms with E-state index in [-0.39, 0.29) is 5.69 Å². The van der Waals surface area contributed by atoms with Gasteiger partial charge in [0.2, 0.25) is 0 Å². The third-order valence-corrected chi connectivity index (χ3v) is 8.98. The van der Waals surface area contributed by atoms with Gasteiger partial charge in [0.15, 0.2) is 0 Å². The molecule has 1 aliphatic rings. The average Bonchev–Trinajstić information content (AvgIpc) is 2.74. The van der Waals surface area contributed by atoms with Crippen molar-refractivity contribution in [3.63, 3.8) is 0 Å². The number of hydrogen-bond donors (Lipinski definition) is 0. The van der Waals surface area contributed by atoms with Gasteiger partial charge in [0.05, 0.1) is 0 Å². The SMILES string of the molecule is Cc1cc(C)c(I2OC(=O)c3cc([N+](=O)[O-])ccc32)c(C)c1. The molecule has 0 aliphatic carbocycles. The summed E-state index contributed by atoms with van der Waals surface area (Å²) in [6, 6.07) is 8.62. The zero-order valence-corrected chi connectivity index (χ0v) is 14.5. The Labute approximate surface area is 135 Å². The summed E-state index contributed by atoms with van der Waals surface area (Å²) in [5, 5.41) is 10.9. The van der Waals surface area contributed by atoms with Gasteiger partial charge in [-0.2, -0.15) is 0 Å². The van der Waals surface area contributed by atoms with Crippen LogP contribution in [0.4, 0.5) is 5.69 Å². The monoisotopic (exact) mass is 411 g/mol. The van der Waals surface area contributed by atoms with Gasteiger partial charge < -0.3 is 0 Å². The number of nitrogens with zero attached hydrogens (tertiary/aromatic N) is 1. The van der Waals surface area contributed by atoms with Crippen LogP contribution in [-0.4, -0.2) is 10.9 Å². The molecule has 0 saturated heterocycles.